The average Bonchev–Trinajstić information content (AvgIpc) is 2.35. The summed E-state index contributed by atoms with van der Waals surface area (Å²) in [5.41, 5.74) is 1.13. The van der Waals surface area contributed by atoms with Crippen molar-refractivity contribution in [1.82, 2.24) is 5.32 Å². The molecule has 0 saturated carbocycles. The minimum atomic E-state index is -4.44. The molecule has 0 aliphatic rings. The Morgan fingerprint density at radius 3 is 2.79 bits per heavy atom. The zero-order chi connectivity index (χ0) is 14.3. The standard InChI is InChI=1S/C12H11F3N2O2/c13-12(14,15)8-19-7-11(18)17-6-10-3-1-2-9(4-10)5-16/h1-4H,6-8H2,(H,17,18). The fourth-order valence-corrected chi connectivity index (χ4v) is 1.26. The van der Waals surface area contributed by atoms with Gasteiger partial charge in [-0.3, -0.25) is 4.79 Å². The van der Waals surface area contributed by atoms with E-state index in [-0.39, 0.29) is 6.54 Å². The van der Waals surface area contributed by atoms with Gasteiger partial charge in [-0.05, 0) is 17.7 Å². The minimum Gasteiger partial charge on any atom is -0.362 e. The molecule has 1 rings (SSSR count). The predicted octanol–water partition coefficient (Wildman–Crippen LogP) is 1.75. The molecule has 0 fully saturated rings. The van der Waals surface area contributed by atoms with Crippen molar-refractivity contribution in [3.63, 3.8) is 0 Å². The third-order valence-corrected chi connectivity index (χ3v) is 2.04. The van der Waals surface area contributed by atoms with Crippen LogP contribution in [0.5, 0.6) is 0 Å². The molecule has 1 amide bonds. The largest absolute Gasteiger partial charge is 0.411 e. The number of benzene rings is 1. The van der Waals surface area contributed by atoms with Crippen molar-refractivity contribution in [2.45, 2.75) is 12.7 Å². The van der Waals surface area contributed by atoms with E-state index in [0.29, 0.717) is 11.1 Å². The first-order valence-corrected chi connectivity index (χ1v) is 5.31. The molecule has 1 aromatic carbocycles. The van der Waals surface area contributed by atoms with Gasteiger partial charge in [-0.15, -0.1) is 0 Å². The van der Waals surface area contributed by atoms with Gasteiger partial charge in [0, 0.05) is 6.54 Å². The Hall–Kier alpha value is -2.07. The van der Waals surface area contributed by atoms with Crippen LogP contribution in [0.2, 0.25) is 0 Å². The number of alkyl halides is 3. The number of nitrogens with one attached hydrogen (secondary N) is 1. The minimum absolute atomic E-state index is 0.129. The van der Waals surface area contributed by atoms with E-state index in [0.717, 1.165) is 0 Å². The van der Waals surface area contributed by atoms with E-state index in [4.69, 9.17) is 5.26 Å². The van der Waals surface area contributed by atoms with Crippen molar-refractivity contribution in [2.24, 2.45) is 0 Å². The maximum atomic E-state index is 11.8. The van der Waals surface area contributed by atoms with Crippen LogP contribution in [-0.4, -0.2) is 25.3 Å². The summed E-state index contributed by atoms with van der Waals surface area (Å²) in [5, 5.41) is 11.1. The molecule has 4 nitrogen and oxygen atoms in total. The second-order valence-electron chi connectivity index (χ2n) is 3.70. The Labute approximate surface area is 107 Å². The topological polar surface area (TPSA) is 62.1 Å². The van der Waals surface area contributed by atoms with Crippen molar-refractivity contribution in [3.05, 3.63) is 35.4 Å². The highest BCUT2D eigenvalue weighted by molar-refractivity contribution is 5.77. The fourth-order valence-electron chi connectivity index (χ4n) is 1.26. The highest BCUT2D eigenvalue weighted by Crippen LogP contribution is 2.14. The summed E-state index contributed by atoms with van der Waals surface area (Å²) in [5.74, 6) is -0.647. The number of ether oxygens (including phenoxy) is 1. The molecule has 1 aromatic rings. The number of halogens is 3. The van der Waals surface area contributed by atoms with Crippen LogP contribution in [0.25, 0.3) is 0 Å². The number of amides is 1. The molecule has 0 aromatic heterocycles. The van der Waals surface area contributed by atoms with E-state index in [9.17, 15) is 18.0 Å². The Morgan fingerprint density at radius 2 is 2.16 bits per heavy atom. The van der Waals surface area contributed by atoms with Crippen molar-refractivity contribution in [2.75, 3.05) is 13.2 Å². The summed E-state index contributed by atoms with van der Waals surface area (Å²) in [4.78, 5) is 11.2. The summed E-state index contributed by atoms with van der Waals surface area (Å²) in [6, 6.07) is 8.48. The van der Waals surface area contributed by atoms with E-state index < -0.39 is 25.3 Å². The molecule has 0 aliphatic heterocycles. The van der Waals surface area contributed by atoms with Crippen molar-refractivity contribution in [1.29, 1.82) is 5.26 Å². The lowest BCUT2D eigenvalue weighted by molar-refractivity contribution is -0.175. The molecule has 102 valence electrons. The highest BCUT2D eigenvalue weighted by Gasteiger charge is 2.27. The third-order valence-electron chi connectivity index (χ3n) is 2.04. The van der Waals surface area contributed by atoms with Gasteiger partial charge in [0.2, 0.25) is 5.91 Å². The maximum absolute atomic E-state index is 11.8. The molecule has 0 unspecified atom stereocenters. The lowest BCUT2D eigenvalue weighted by Gasteiger charge is -2.08. The van der Waals surface area contributed by atoms with Gasteiger partial charge in [-0.2, -0.15) is 18.4 Å². The van der Waals surface area contributed by atoms with Crippen LogP contribution in [0.3, 0.4) is 0 Å². The van der Waals surface area contributed by atoms with Gasteiger partial charge in [0.15, 0.2) is 0 Å². The highest BCUT2D eigenvalue weighted by atomic mass is 19.4. The molecule has 7 heteroatoms. The van der Waals surface area contributed by atoms with E-state index >= 15 is 0 Å². The van der Waals surface area contributed by atoms with Crippen LogP contribution in [0.1, 0.15) is 11.1 Å². The number of carbonyl (C=O) groups excluding carboxylic acids is 1. The molecular formula is C12H11F3N2O2. The average molecular weight is 272 g/mol. The number of hydrogen-bond donors (Lipinski definition) is 1. The molecule has 0 aliphatic carbocycles. The van der Waals surface area contributed by atoms with Gasteiger partial charge < -0.3 is 10.1 Å². The monoisotopic (exact) mass is 272 g/mol. The normalized spacial score (nSPS) is 10.8. The van der Waals surface area contributed by atoms with Crippen LogP contribution < -0.4 is 5.32 Å². The van der Waals surface area contributed by atoms with Crippen molar-refractivity contribution < 1.29 is 22.7 Å². The first-order valence-electron chi connectivity index (χ1n) is 5.31. The van der Waals surface area contributed by atoms with Crippen LogP contribution in [0, 0.1) is 11.3 Å². The third kappa shape index (κ3) is 6.43. The van der Waals surface area contributed by atoms with Crippen molar-refractivity contribution in [3.8, 4) is 6.07 Å². The smallest absolute Gasteiger partial charge is 0.362 e. The second kappa shape index (κ2) is 6.75. The number of nitrogens with zero attached hydrogens (tertiary/aromatic N) is 1. The van der Waals surface area contributed by atoms with Gasteiger partial charge in [0.25, 0.3) is 0 Å². The quantitative estimate of drug-likeness (QED) is 0.888. The predicted molar refractivity (Wildman–Crippen MR) is 59.9 cm³/mol. The van der Waals surface area contributed by atoms with Gasteiger partial charge in [0.05, 0.1) is 11.6 Å². The van der Waals surface area contributed by atoms with Crippen LogP contribution in [0.15, 0.2) is 24.3 Å². The first-order chi connectivity index (χ1) is 8.90. The summed E-state index contributed by atoms with van der Waals surface area (Å²) in [6.45, 7) is -1.98. The Balaban J connectivity index is 2.32. The number of rotatable bonds is 5. The molecule has 0 atom stereocenters. The summed E-state index contributed by atoms with van der Waals surface area (Å²) in [7, 11) is 0. The van der Waals surface area contributed by atoms with Gasteiger partial charge >= 0.3 is 6.18 Å². The zero-order valence-corrected chi connectivity index (χ0v) is 9.83. The van der Waals surface area contributed by atoms with Crippen LogP contribution >= 0.6 is 0 Å². The summed E-state index contributed by atoms with van der Waals surface area (Å²) in [6.07, 6.45) is -4.44. The second-order valence-corrected chi connectivity index (χ2v) is 3.70. The summed E-state index contributed by atoms with van der Waals surface area (Å²) >= 11 is 0. The van der Waals surface area contributed by atoms with E-state index in [1.165, 1.54) is 0 Å². The number of carbonyl (C=O) groups is 1. The lowest BCUT2D eigenvalue weighted by atomic mass is 10.1. The van der Waals surface area contributed by atoms with Crippen LogP contribution in [0.4, 0.5) is 13.2 Å². The maximum Gasteiger partial charge on any atom is 0.411 e. The van der Waals surface area contributed by atoms with Gasteiger partial charge in [0.1, 0.15) is 13.2 Å². The Morgan fingerprint density at radius 1 is 1.42 bits per heavy atom. The SMILES string of the molecule is N#Cc1cccc(CNC(=O)COCC(F)(F)F)c1. The van der Waals surface area contributed by atoms with E-state index in [1.54, 1.807) is 24.3 Å². The van der Waals surface area contributed by atoms with E-state index in [2.05, 4.69) is 10.1 Å². The molecule has 0 heterocycles. The fraction of sp³-hybridized carbons (Fsp3) is 0.333. The molecule has 0 saturated heterocycles. The van der Waals surface area contributed by atoms with E-state index in [1.807, 2.05) is 6.07 Å². The van der Waals surface area contributed by atoms with Gasteiger partial charge in [-0.25, -0.2) is 0 Å². The Kier molecular flexibility index (Phi) is 5.33. The van der Waals surface area contributed by atoms with Gasteiger partial charge in [-0.1, -0.05) is 12.1 Å². The van der Waals surface area contributed by atoms with Crippen molar-refractivity contribution >= 4 is 5.91 Å². The Bertz CT molecular complexity index is 481. The summed E-state index contributed by atoms with van der Waals surface area (Å²) < 4.78 is 39.5. The molecule has 0 spiro atoms. The molecular weight excluding hydrogens is 261 g/mol. The molecule has 0 bridgehead atoms. The molecule has 19 heavy (non-hydrogen) atoms. The number of hydrogen-bond acceptors (Lipinski definition) is 3. The van der Waals surface area contributed by atoms with Crippen LogP contribution in [-0.2, 0) is 16.1 Å². The molecule has 0 radical (unpaired) electrons. The first kappa shape index (κ1) is 15.0. The molecule has 1 N–H and O–H groups in total. The lowest BCUT2D eigenvalue weighted by Crippen LogP contribution is -2.29. The zero-order valence-electron chi connectivity index (χ0n) is 9.83. The number of nitriles is 1.